The van der Waals surface area contributed by atoms with Crippen molar-refractivity contribution in [2.24, 2.45) is 4.99 Å². The Morgan fingerprint density at radius 3 is 2.58 bits per heavy atom. The molecule has 1 aromatic rings. The van der Waals surface area contributed by atoms with Gasteiger partial charge in [0.2, 0.25) is 0 Å². The number of halogens is 1. The number of fused-ring (bicyclic) bond motifs is 1. The predicted molar refractivity (Wildman–Crippen MR) is 92.4 cm³/mol. The summed E-state index contributed by atoms with van der Waals surface area (Å²) in [5, 5.41) is 0.316. The zero-order chi connectivity index (χ0) is 17.7. The summed E-state index contributed by atoms with van der Waals surface area (Å²) in [6.07, 6.45) is 2.51. The Bertz CT molecular complexity index is 764. The summed E-state index contributed by atoms with van der Waals surface area (Å²) in [4.78, 5) is 40.8. The number of carbonyl (C=O) groups excluding carboxylic acids is 1. The maximum Gasteiger partial charge on any atom is 0.332 e. The fourth-order valence-corrected chi connectivity index (χ4v) is 2.87. The van der Waals surface area contributed by atoms with Gasteiger partial charge in [0.1, 0.15) is 11.0 Å². The SMILES string of the molecule is CCCCn1c2c(c(=O)n(CCCC(=O)OCC)c1=O)CC(Cl)=N2. The molecule has 24 heavy (non-hydrogen) atoms. The number of nitrogens with zero attached hydrogens (tertiary/aromatic N) is 3. The predicted octanol–water partition coefficient (Wildman–Crippen LogP) is 1.98. The van der Waals surface area contributed by atoms with Crippen LogP contribution in [0.1, 0.15) is 45.1 Å². The molecule has 0 N–H and O–H groups in total. The first kappa shape index (κ1) is 18.4. The molecule has 0 spiro atoms. The van der Waals surface area contributed by atoms with Gasteiger partial charge >= 0.3 is 11.7 Å². The molecule has 2 rings (SSSR count). The van der Waals surface area contributed by atoms with E-state index in [4.69, 9.17) is 16.3 Å². The van der Waals surface area contributed by atoms with Crippen LogP contribution in [-0.2, 0) is 29.0 Å². The second kappa shape index (κ2) is 8.28. The van der Waals surface area contributed by atoms with Crippen LogP contribution in [0, 0.1) is 0 Å². The topological polar surface area (TPSA) is 82.7 Å². The number of hydrogen-bond donors (Lipinski definition) is 0. The highest BCUT2D eigenvalue weighted by Crippen LogP contribution is 2.24. The smallest absolute Gasteiger partial charge is 0.332 e. The second-order valence-electron chi connectivity index (χ2n) is 5.62. The van der Waals surface area contributed by atoms with E-state index in [0.29, 0.717) is 36.1 Å². The average Bonchev–Trinajstić information content (AvgIpc) is 2.92. The molecule has 0 saturated heterocycles. The summed E-state index contributed by atoms with van der Waals surface area (Å²) in [5.74, 6) is 0.0505. The molecular weight excluding hydrogens is 334 g/mol. The molecule has 8 heteroatoms. The fraction of sp³-hybridized carbons (Fsp3) is 0.625. The minimum atomic E-state index is -0.397. The third-order valence-electron chi connectivity index (χ3n) is 3.84. The van der Waals surface area contributed by atoms with Crippen LogP contribution in [0.25, 0.3) is 0 Å². The number of carbonyl (C=O) groups is 1. The van der Waals surface area contributed by atoms with Gasteiger partial charge in [-0.2, -0.15) is 0 Å². The normalized spacial score (nSPS) is 12.9. The Balaban J connectivity index is 2.30. The van der Waals surface area contributed by atoms with Gasteiger partial charge in [0, 0.05) is 25.9 Å². The Kier molecular flexibility index (Phi) is 6.36. The fourth-order valence-electron chi connectivity index (χ4n) is 2.66. The van der Waals surface area contributed by atoms with Crippen LogP contribution >= 0.6 is 11.6 Å². The van der Waals surface area contributed by atoms with Crippen molar-refractivity contribution in [3.05, 3.63) is 26.4 Å². The van der Waals surface area contributed by atoms with Crippen molar-refractivity contribution in [1.82, 2.24) is 9.13 Å². The van der Waals surface area contributed by atoms with E-state index in [1.165, 1.54) is 9.13 Å². The first-order valence-corrected chi connectivity index (χ1v) is 8.62. The molecule has 0 fully saturated rings. The molecule has 2 heterocycles. The Hall–Kier alpha value is -1.89. The summed E-state index contributed by atoms with van der Waals surface area (Å²) >= 11 is 5.97. The molecule has 132 valence electrons. The van der Waals surface area contributed by atoms with E-state index >= 15 is 0 Å². The van der Waals surface area contributed by atoms with Crippen molar-refractivity contribution in [2.45, 2.75) is 59.0 Å². The van der Waals surface area contributed by atoms with E-state index in [1.54, 1.807) is 6.92 Å². The number of rotatable bonds is 8. The third kappa shape index (κ3) is 3.95. The van der Waals surface area contributed by atoms with Gasteiger partial charge in [0.15, 0.2) is 0 Å². The van der Waals surface area contributed by atoms with Crippen molar-refractivity contribution >= 4 is 28.6 Å². The lowest BCUT2D eigenvalue weighted by molar-refractivity contribution is -0.143. The van der Waals surface area contributed by atoms with Crippen LogP contribution in [-0.4, -0.2) is 26.9 Å². The van der Waals surface area contributed by atoms with E-state index in [1.807, 2.05) is 6.92 Å². The maximum absolute atomic E-state index is 12.7. The highest BCUT2D eigenvalue weighted by molar-refractivity contribution is 6.66. The molecule has 0 aromatic carbocycles. The van der Waals surface area contributed by atoms with E-state index < -0.39 is 5.69 Å². The van der Waals surface area contributed by atoms with Crippen LogP contribution < -0.4 is 11.2 Å². The second-order valence-corrected chi connectivity index (χ2v) is 6.06. The number of aliphatic imine (C=N–C) groups is 1. The lowest BCUT2D eigenvalue weighted by atomic mass is 10.2. The van der Waals surface area contributed by atoms with Crippen molar-refractivity contribution in [3.8, 4) is 0 Å². The zero-order valence-electron chi connectivity index (χ0n) is 14.0. The Morgan fingerprint density at radius 1 is 1.21 bits per heavy atom. The standard InChI is InChI=1S/C16H22ClN3O4/c1-3-5-8-19-14-11(10-12(17)18-14)15(22)20(16(19)23)9-6-7-13(21)24-4-2/h3-10H2,1-2H3. The molecule has 0 radical (unpaired) electrons. The van der Waals surface area contributed by atoms with E-state index in [2.05, 4.69) is 4.99 Å². The van der Waals surface area contributed by atoms with E-state index in [9.17, 15) is 14.4 Å². The summed E-state index contributed by atoms with van der Waals surface area (Å²) in [6, 6.07) is 0. The molecule has 0 atom stereocenters. The zero-order valence-corrected chi connectivity index (χ0v) is 14.8. The van der Waals surface area contributed by atoms with Gasteiger partial charge in [-0.05, 0) is 19.8 Å². The van der Waals surface area contributed by atoms with Crippen molar-refractivity contribution in [1.29, 1.82) is 0 Å². The van der Waals surface area contributed by atoms with Gasteiger partial charge in [-0.15, -0.1) is 0 Å². The quantitative estimate of drug-likeness (QED) is 0.667. The van der Waals surface area contributed by atoms with E-state index in [-0.39, 0.29) is 30.9 Å². The van der Waals surface area contributed by atoms with Gasteiger partial charge in [0.05, 0.1) is 12.2 Å². The van der Waals surface area contributed by atoms with Crippen molar-refractivity contribution < 1.29 is 9.53 Å². The summed E-state index contributed by atoms with van der Waals surface area (Å²) in [6.45, 7) is 4.74. The molecule has 0 aliphatic carbocycles. The van der Waals surface area contributed by atoms with E-state index in [0.717, 1.165) is 12.8 Å². The Labute approximate surface area is 144 Å². The van der Waals surface area contributed by atoms with Gasteiger partial charge < -0.3 is 4.74 Å². The molecule has 0 amide bonds. The van der Waals surface area contributed by atoms with Crippen LogP contribution in [0.15, 0.2) is 14.6 Å². The van der Waals surface area contributed by atoms with Gasteiger partial charge in [-0.1, -0.05) is 24.9 Å². The van der Waals surface area contributed by atoms with Crippen molar-refractivity contribution in [3.63, 3.8) is 0 Å². The minimum absolute atomic E-state index is 0.170. The summed E-state index contributed by atoms with van der Waals surface area (Å²) in [5.41, 5.74) is -0.316. The monoisotopic (exact) mass is 355 g/mol. The lowest BCUT2D eigenvalue weighted by Gasteiger charge is -2.13. The van der Waals surface area contributed by atoms with Crippen LogP contribution in [0.4, 0.5) is 5.82 Å². The number of esters is 1. The first-order chi connectivity index (χ1) is 11.5. The first-order valence-electron chi connectivity index (χ1n) is 8.24. The average molecular weight is 356 g/mol. The summed E-state index contributed by atoms with van der Waals surface area (Å²) < 4.78 is 7.55. The maximum atomic E-state index is 12.7. The molecule has 0 bridgehead atoms. The van der Waals surface area contributed by atoms with Gasteiger partial charge in [0.25, 0.3) is 5.56 Å². The van der Waals surface area contributed by atoms with Gasteiger partial charge in [-0.3, -0.25) is 18.7 Å². The van der Waals surface area contributed by atoms with Crippen LogP contribution in [0.3, 0.4) is 0 Å². The molecule has 7 nitrogen and oxygen atoms in total. The number of aromatic nitrogens is 2. The molecular formula is C16H22ClN3O4. The van der Waals surface area contributed by atoms with Crippen LogP contribution in [0.2, 0.25) is 0 Å². The highest BCUT2D eigenvalue weighted by Gasteiger charge is 2.24. The van der Waals surface area contributed by atoms with Crippen molar-refractivity contribution in [2.75, 3.05) is 6.61 Å². The number of unbranched alkanes of at least 4 members (excludes halogenated alkanes) is 1. The molecule has 0 saturated carbocycles. The largest absolute Gasteiger partial charge is 0.466 e. The minimum Gasteiger partial charge on any atom is -0.466 e. The molecule has 1 aliphatic heterocycles. The highest BCUT2D eigenvalue weighted by atomic mass is 35.5. The molecule has 1 aromatic heterocycles. The third-order valence-corrected chi connectivity index (χ3v) is 4.06. The summed E-state index contributed by atoms with van der Waals surface area (Å²) in [7, 11) is 0. The lowest BCUT2D eigenvalue weighted by Crippen LogP contribution is -2.41. The number of hydrogen-bond acceptors (Lipinski definition) is 5. The Morgan fingerprint density at radius 2 is 1.92 bits per heavy atom. The molecule has 1 aliphatic rings. The van der Waals surface area contributed by atoms with Crippen LogP contribution in [0.5, 0.6) is 0 Å². The van der Waals surface area contributed by atoms with Gasteiger partial charge in [-0.25, -0.2) is 9.79 Å². The molecule has 0 unspecified atom stereocenters. The number of ether oxygens (including phenoxy) is 1.